The molecule has 2 nitrogen and oxygen atoms in total. The highest BCUT2D eigenvalue weighted by Crippen LogP contribution is 2.14. The summed E-state index contributed by atoms with van der Waals surface area (Å²) in [5.74, 6) is 0. The zero-order valence-corrected chi connectivity index (χ0v) is 12.3. The Hall–Kier alpha value is -0.570. The van der Waals surface area contributed by atoms with Crippen molar-refractivity contribution in [2.75, 3.05) is 13.2 Å². The summed E-state index contributed by atoms with van der Waals surface area (Å²) in [6, 6.07) is 8.43. The largest absolute Gasteiger partial charge is 0.377 e. The number of halogens is 1. The average Bonchev–Trinajstić information content (AvgIpc) is 2.38. The van der Waals surface area contributed by atoms with Gasteiger partial charge in [-0.2, -0.15) is 0 Å². The molecule has 0 amide bonds. The lowest BCUT2D eigenvalue weighted by atomic mass is 9.99. The standard InChI is InChI=1S/C15H24ClNO/c1-4-15(18-6-3)14(17-5-2)11-12-7-9-13(16)10-8-12/h7-10,14-15,17H,4-6,11H2,1-3H3. The first-order valence-electron chi connectivity index (χ1n) is 6.80. The fourth-order valence-electron chi connectivity index (χ4n) is 2.20. The van der Waals surface area contributed by atoms with Crippen molar-refractivity contribution in [2.24, 2.45) is 0 Å². The Labute approximate surface area is 116 Å². The third-order valence-corrected chi connectivity index (χ3v) is 3.32. The second-order valence-electron chi connectivity index (χ2n) is 4.40. The molecular formula is C15H24ClNO. The van der Waals surface area contributed by atoms with Crippen LogP contribution in [-0.2, 0) is 11.2 Å². The second-order valence-corrected chi connectivity index (χ2v) is 4.83. The normalized spacial score (nSPS) is 14.4. The molecule has 0 aromatic heterocycles. The van der Waals surface area contributed by atoms with Crippen molar-refractivity contribution in [3.63, 3.8) is 0 Å². The van der Waals surface area contributed by atoms with Gasteiger partial charge in [0.15, 0.2) is 0 Å². The van der Waals surface area contributed by atoms with E-state index in [1.807, 2.05) is 19.1 Å². The highest BCUT2D eigenvalue weighted by molar-refractivity contribution is 6.30. The average molecular weight is 270 g/mol. The predicted molar refractivity (Wildman–Crippen MR) is 78.3 cm³/mol. The van der Waals surface area contributed by atoms with Gasteiger partial charge in [-0.1, -0.05) is 37.6 Å². The number of ether oxygens (including phenoxy) is 1. The Morgan fingerprint density at radius 3 is 2.33 bits per heavy atom. The summed E-state index contributed by atoms with van der Waals surface area (Å²) in [6.45, 7) is 8.08. The molecular weight excluding hydrogens is 246 g/mol. The van der Waals surface area contributed by atoms with Crippen LogP contribution in [0.2, 0.25) is 5.02 Å². The third kappa shape index (κ3) is 4.97. The zero-order chi connectivity index (χ0) is 13.4. The van der Waals surface area contributed by atoms with E-state index in [9.17, 15) is 0 Å². The monoisotopic (exact) mass is 269 g/mol. The molecule has 0 saturated carbocycles. The lowest BCUT2D eigenvalue weighted by Gasteiger charge is -2.27. The molecule has 2 atom stereocenters. The van der Waals surface area contributed by atoms with E-state index >= 15 is 0 Å². The molecule has 1 aromatic rings. The Kier molecular flexibility index (Phi) is 7.33. The number of rotatable bonds is 8. The van der Waals surface area contributed by atoms with Gasteiger partial charge in [0.1, 0.15) is 0 Å². The van der Waals surface area contributed by atoms with Gasteiger partial charge in [-0.25, -0.2) is 0 Å². The van der Waals surface area contributed by atoms with Gasteiger partial charge in [-0.15, -0.1) is 0 Å². The Bertz CT molecular complexity index is 326. The van der Waals surface area contributed by atoms with Crippen molar-refractivity contribution in [1.29, 1.82) is 0 Å². The number of benzene rings is 1. The van der Waals surface area contributed by atoms with Crippen molar-refractivity contribution >= 4 is 11.6 Å². The molecule has 1 N–H and O–H groups in total. The molecule has 102 valence electrons. The number of nitrogens with one attached hydrogen (secondary N) is 1. The minimum absolute atomic E-state index is 0.269. The fourth-order valence-corrected chi connectivity index (χ4v) is 2.33. The van der Waals surface area contributed by atoms with Gasteiger partial charge in [0.05, 0.1) is 6.10 Å². The SMILES string of the molecule is CCNC(Cc1ccc(Cl)cc1)C(CC)OCC. The molecule has 0 aliphatic carbocycles. The maximum absolute atomic E-state index is 5.91. The van der Waals surface area contributed by atoms with Gasteiger partial charge < -0.3 is 10.1 Å². The maximum atomic E-state index is 5.91. The summed E-state index contributed by atoms with van der Waals surface area (Å²) in [6.07, 6.45) is 2.27. The molecule has 1 aromatic carbocycles. The van der Waals surface area contributed by atoms with E-state index in [-0.39, 0.29) is 6.10 Å². The van der Waals surface area contributed by atoms with Crippen molar-refractivity contribution in [1.82, 2.24) is 5.32 Å². The van der Waals surface area contributed by atoms with Gasteiger partial charge in [-0.3, -0.25) is 0 Å². The van der Waals surface area contributed by atoms with Gasteiger partial charge in [0.25, 0.3) is 0 Å². The van der Waals surface area contributed by atoms with Crippen LogP contribution in [0.3, 0.4) is 0 Å². The minimum atomic E-state index is 0.269. The van der Waals surface area contributed by atoms with E-state index in [2.05, 4.69) is 31.3 Å². The van der Waals surface area contributed by atoms with Crippen molar-refractivity contribution in [2.45, 2.75) is 45.8 Å². The second kappa shape index (κ2) is 8.52. The van der Waals surface area contributed by atoms with Gasteiger partial charge in [0.2, 0.25) is 0 Å². The molecule has 0 heterocycles. The minimum Gasteiger partial charge on any atom is -0.377 e. The summed E-state index contributed by atoms with van der Waals surface area (Å²) < 4.78 is 5.81. The van der Waals surface area contributed by atoms with E-state index in [0.29, 0.717) is 6.04 Å². The maximum Gasteiger partial charge on any atom is 0.0728 e. The van der Waals surface area contributed by atoms with E-state index in [1.54, 1.807) is 0 Å². The Morgan fingerprint density at radius 2 is 1.83 bits per heavy atom. The fraction of sp³-hybridized carbons (Fsp3) is 0.600. The summed E-state index contributed by atoms with van der Waals surface area (Å²) in [5.41, 5.74) is 1.29. The van der Waals surface area contributed by atoms with E-state index < -0.39 is 0 Å². The molecule has 18 heavy (non-hydrogen) atoms. The summed E-state index contributed by atoms with van der Waals surface area (Å²) in [7, 11) is 0. The summed E-state index contributed by atoms with van der Waals surface area (Å²) in [4.78, 5) is 0. The molecule has 0 fully saturated rings. The zero-order valence-electron chi connectivity index (χ0n) is 11.6. The smallest absolute Gasteiger partial charge is 0.0728 e. The van der Waals surface area contributed by atoms with Crippen LogP contribution in [0.15, 0.2) is 24.3 Å². The van der Waals surface area contributed by atoms with Crippen molar-refractivity contribution in [3.8, 4) is 0 Å². The quantitative estimate of drug-likeness (QED) is 0.777. The number of hydrogen-bond acceptors (Lipinski definition) is 2. The first kappa shape index (κ1) is 15.5. The van der Waals surface area contributed by atoms with Crippen LogP contribution in [0.1, 0.15) is 32.8 Å². The Morgan fingerprint density at radius 1 is 1.17 bits per heavy atom. The van der Waals surface area contributed by atoms with Crippen LogP contribution in [-0.4, -0.2) is 25.3 Å². The molecule has 2 unspecified atom stereocenters. The first-order chi connectivity index (χ1) is 8.71. The molecule has 0 radical (unpaired) electrons. The molecule has 0 aliphatic rings. The molecule has 1 rings (SSSR count). The predicted octanol–water partition coefficient (Wildman–Crippen LogP) is 3.68. The molecule has 0 bridgehead atoms. The topological polar surface area (TPSA) is 21.3 Å². The van der Waals surface area contributed by atoms with E-state index in [0.717, 1.165) is 31.0 Å². The van der Waals surface area contributed by atoms with Crippen LogP contribution in [0.5, 0.6) is 0 Å². The Balaban J connectivity index is 2.68. The molecule has 0 aliphatic heterocycles. The van der Waals surface area contributed by atoms with Crippen LogP contribution in [0.25, 0.3) is 0 Å². The lowest BCUT2D eigenvalue weighted by Crippen LogP contribution is -2.42. The lowest BCUT2D eigenvalue weighted by molar-refractivity contribution is 0.0323. The molecule has 0 saturated heterocycles. The molecule has 3 heteroatoms. The number of hydrogen-bond donors (Lipinski definition) is 1. The van der Waals surface area contributed by atoms with Crippen LogP contribution >= 0.6 is 11.6 Å². The summed E-state index contributed by atoms with van der Waals surface area (Å²) >= 11 is 5.91. The summed E-state index contributed by atoms with van der Waals surface area (Å²) in [5, 5.41) is 4.31. The van der Waals surface area contributed by atoms with Crippen molar-refractivity contribution < 1.29 is 4.74 Å². The van der Waals surface area contributed by atoms with E-state index in [1.165, 1.54) is 5.56 Å². The highest BCUT2D eigenvalue weighted by atomic mass is 35.5. The van der Waals surface area contributed by atoms with Gasteiger partial charge >= 0.3 is 0 Å². The van der Waals surface area contributed by atoms with Crippen LogP contribution in [0.4, 0.5) is 0 Å². The van der Waals surface area contributed by atoms with E-state index in [4.69, 9.17) is 16.3 Å². The van der Waals surface area contributed by atoms with Gasteiger partial charge in [0, 0.05) is 17.7 Å². The van der Waals surface area contributed by atoms with Crippen LogP contribution in [0, 0.1) is 0 Å². The number of likely N-dealkylation sites (N-methyl/N-ethyl adjacent to an activating group) is 1. The third-order valence-electron chi connectivity index (χ3n) is 3.07. The van der Waals surface area contributed by atoms with Crippen LogP contribution < -0.4 is 5.32 Å². The molecule has 0 spiro atoms. The van der Waals surface area contributed by atoms with Gasteiger partial charge in [-0.05, 0) is 44.0 Å². The first-order valence-corrected chi connectivity index (χ1v) is 7.18. The highest BCUT2D eigenvalue weighted by Gasteiger charge is 2.19. The van der Waals surface area contributed by atoms with Crippen molar-refractivity contribution in [3.05, 3.63) is 34.9 Å².